The van der Waals surface area contributed by atoms with Gasteiger partial charge in [-0.15, -0.1) is 0 Å². The van der Waals surface area contributed by atoms with Crippen LogP contribution in [0.1, 0.15) is 5.56 Å². The van der Waals surface area contributed by atoms with E-state index in [1.165, 1.54) is 0 Å². The quantitative estimate of drug-likeness (QED) is 0.882. The molecular formula is C11H11BrN2O2S. The third kappa shape index (κ3) is 3.01. The molecule has 6 heteroatoms. The first-order valence-corrected chi connectivity index (χ1v) is 6.84. The lowest BCUT2D eigenvalue weighted by Crippen LogP contribution is -2.38. The molecule has 0 aromatic heterocycles. The third-order valence-electron chi connectivity index (χ3n) is 2.44. The van der Waals surface area contributed by atoms with Gasteiger partial charge in [0.25, 0.3) is 5.24 Å². The zero-order valence-corrected chi connectivity index (χ0v) is 11.5. The second kappa shape index (κ2) is 5.10. The van der Waals surface area contributed by atoms with E-state index in [4.69, 9.17) is 0 Å². The molecule has 1 aromatic carbocycles. The van der Waals surface area contributed by atoms with Crippen molar-refractivity contribution in [3.63, 3.8) is 0 Å². The highest BCUT2D eigenvalue weighted by molar-refractivity contribution is 9.10. The molecular weight excluding hydrogens is 304 g/mol. The number of amides is 2. The van der Waals surface area contributed by atoms with E-state index in [0.29, 0.717) is 5.75 Å². The molecule has 1 unspecified atom stereocenters. The average Bonchev–Trinajstić information content (AvgIpc) is 2.69. The standard InChI is InChI=1S/C11H11BrN2O2S/c1-6-4-7(12)2-3-8(6)13-10(15)9-5-17-11(16)14-9/h2-4,9H,5H2,1H3,(H,13,15)(H,14,16). The summed E-state index contributed by atoms with van der Waals surface area (Å²) in [7, 11) is 0. The number of thioether (sulfide) groups is 1. The molecule has 1 aromatic rings. The maximum Gasteiger partial charge on any atom is 0.279 e. The van der Waals surface area contributed by atoms with Gasteiger partial charge >= 0.3 is 0 Å². The highest BCUT2D eigenvalue weighted by Gasteiger charge is 2.28. The number of benzene rings is 1. The first-order valence-electron chi connectivity index (χ1n) is 5.06. The zero-order chi connectivity index (χ0) is 12.4. The zero-order valence-electron chi connectivity index (χ0n) is 9.12. The number of carbonyl (C=O) groups is 2. The smallest absolute Gasteiger partial charge is 0.279 e. The summed E-state index contributed by atoms with van der Waals surface area (Å²) >= 11 is 4.50. The van der Waals surface area contributed by atoms with E-state index < -0.39 is 6.04 Å². The topological polar surface area (TPSA) is 58.2 Å². The fourth-order valence-electron chi connectivity index (χ4n) is 1.51. The Morgan fingerprint density at radius 2 is 2.35 bits per heavy atom. The Balaban J connectivity index is 2.05. The van der Waals surface area contributed by atoms with E-state index in [-0.39, 0.29) is 11.1 Å². The minimum Gasteiger partial charge on any atom is -0.334 e. The normalized spacial score (nSPS) is 18.9. The van der Waals surface area contributed by atoms with Gasteiger partial charge in [0.1, 0.15) is 6.04 Å². The SMILES string of the molecule is Cc1cc(Br)ccc1NC(=O)C1CSC(=O)N1. The molecule has 0 radical (unpaired) electrons. The van der Waals surface area contributed by atoms with E-state index in [0.717, 1.165) is 27.5 Å². The highest BCUT2D eigenvalue weighted by Crippen LogP contribution is 2.21. The predicted molar refractivity (Wildman–Crippen MR) is 72.3 cm³/mol. The molecule has 2 amide bonds. The summed E-state index contributed by atoms with van der Waals surface area (Å²) in [6.45, 7) is 1.92. The fourth-order valence-corrected chi connectivity index (χ4v) is 2.77. The number of rotatable bonds is 2. The molecule has 0 bridgehead atoms. The van der Waals surface area contributed by atoms with Gasteiger partial charge in [0.2, 0.25) is 5.91 Å². The fraction of sp³-hybridized carbons (Fsp3) is 0.273. The van der Waals surface area contributed by atoms with Gasteiger partial charge in [-0.1, -0.05) is 27.7 Å². The van der Waals surface area contributed by atoms with Crippen LogP contribution < -0.4 is 10.6 Å². The summed E-state index contributed by atoms with van der Waals surface area (Å²) in [5.41, 5.74) is 1.74. The summed E-state index contributed by atoms with van der Waals surface area (Å²) < 4.78 is 0.970. The Hall–Kier alpha value is -1.01. The molecule has 1 aliphatic rings. The number of anilines is 1. The van der Waals surface area contributed by atoms with Crippen molar-refractivity contribution in [2.45, 2.75) is 13.0 Å². The van der Waals surface area contributed by atoms with Gasteiger partial charge in [0, 0.05) is 15.9 Å². The number of halogens is 1. The monoisotopic (exact) mass is 314 g/mol. The Bertz CT molecular complexity index is 479. The molecule has 2 N–H and O–H groups in total. The molecule has 2 rings (SSSR count). The van der Waals surface area contributed by atoms with Crippen LogP contribution in [0.2, 0.25) is 0 Å². The summed E-state index contributed by atoms with van der Waals surface area (Å²) in [5, 5.41) is 5.28. The molecule has 1 heterocycles. The van der Waals surface area contributed by atoms with E-state index >= 15 is 0 Å². The number of hydrogen-bond acceptors (Lipinski definition) is 3. The lowest BCUT2D eigenvalue weighted by molar-refractivity contribution is -0.117. The van der Waals surface area contributed by atoms with Crippen LogP contribution in [0, 0.1) is 6.92 Å². The molecule has 0 aliphatic carbocycles. The number of hydrogen-bond donors (Lipinski definition) is 2. The third-order valence-corrected chi connectivity index (χ3v) is 3.81. The lowest BCUT2D eigenvalue weighted by atomic mass is 10.2. The lowest BCUT2D eigenvalue weighted by Gasteiger charge is -2.12. The molecule has 90 valence electrons. The van der Waals surface area contributed by atoms with Crippen LogP contribution in [0.15, 0.2) is 22.7 Å². The second-order valence-corrected chi connectivity index (χ2v) is 5.65. The minimum atomic E-state index is -0.435. The minimum absolute atomic E-state index is 0.141. The van der Waals surface area contributed by atoms with Gasteiger partial charge in [-0.25, -0.2) is 0 Å². The van der Waals surface area contributed by atoms with Gasteiger partial charge in [-0.3, -0.25) is 9.59 Å². The first kappa shape index (κ1) is 12.4. The van der Waals surface area contributed by atoms with E-state index in [9.17, 15) is 9.59 Å². The van der Waals surface area contributed by atoms with Crippen molar-refractivity contribution in [3.8, 4) is 0 Å². The summed E-state index contributed by atoms with van der Waals surface area (Å²) in [4.78, 5) is 22.8. The van der Waals surface area contributed by atoms with Crippen molar-refractivity contribution in [2.24, 2.45) is 0 Å². The Morgan fingerprint density at radius 3 is 2.94 bits per heavy atom. The second-order valence-electron chi connectivity index (χ2n) is 3.74. The van der Waals surface area contributed by atoms with Gasteiger partial charge in [0.15, 0.2) is 0 Å². The predicted octanol–water partition coefficient (Wildman–Crippen LogP) is 2.52. The molecule has 1 aliphatic heterocycles. The molecule has 17 heavy (non-hydrogen) atoms. The van der Waals surface area contributed by atoms with Crippen LogP contribution in [0.25, 0.3) is 0 Å². The van der Waals surface area contributed by atoms with Gasteiger partial charge in [-0.05, 0) is 30.7 Å². The molecule has 0 spiro atoms. The number of nitrogens with one attached hydrogen (secondary N) is 2. The van der Waals surface area contributed by atoms with Gasteiger partial charge in [-0.2, -0.15) is 0 Å². The molecule has 0 saturated carbocycles. The van der Waals surface area contributed by atoms with E-state index in [1.807, 2.05) is 25.1 Å². The highest BCUT2D eigenvalue weighted by atomic mass is 79.9. The van der Waals surface area contributed by atoms with Crippen molar-refractivity contribution < 1.29 is 9.59 Å². The van der Waals surface area contributed by atoms with Crippen LogP contribution in [0.3, 0.4) is 0 Å². The van der Waals surface area contributed by atoms with Crippen molar-refractivity contribution in [1.82, 2.24) is 5.32 Å². The van der Waals surface area contributed by atoms with Crippen LogP contribution in [0.4, 0.5) is 10.5 Å². The summed E-state index contributed by atoms with van der Waals surface area (Å²) in [6, 6.07) is 5.19. The van der Waals surface area contributed by atoms with Crippen LogP contribution in [0.5, 0.6) is 0 Å². The van der Waals surface area contributed by atoms with Crippen molar-refractivity contribution in [2.75, 3.05) is 11.1 Å². The van der Waals surface area contributed by atoms with Crippen molar-refractivity contribution >= 4 is 44.5 Å². The Morgan fingerprint density at radius 1 is 1.59 bits per heavy atom. The van der Waals surface area contributed by atoms with Crippen LogP contribution in [-0.4, -0.2) is 22.9 Å². The maximum atomic E-state index is 11.8. The first-order chi connectivity index (χ1) is 8.06. The Labute approximate surface area is 112 Å². The Kier molecular flexibility index (Phi) is 3.73. The van der Waals surface area contributed by atoms with Crippen molar-refractivity contribution in [3.05, 3.63) is 28.2 Å². The van der Waals surface area contributed by atoms with Crippen LogP contribution in [-0.2, 0) is 4.79 Å². The molecule has 4 nitrogen and oxygen atoms in total. The summed E-state index contributed by atoms with van der Waals surface area (Å²) in [6.07, 6.45) is 0. The number of carbonyl (C=O) groups excluding carboxylic acids is 2. The molecule has 1 fully saturated rings. The summed E-state index contributed by atoms with van der Waals surface area (Å²) in [5.74, 6) is 0.314. The molecule has 1 saturated heterocycles. The van der Waals surface area contributed by atoms with Crippen LogP contribution >= 0.6 is 27.7 Å². The average molecular weight is 315 g/mol. The maximum absolute atomic E-state index is 11.8. The van der Waals surface area contributed by atoms with E-state index in [2.05, 4.69) is 26.6 Å². The van der Waals surface area contributed by atoms with Crippen molar-refractivity contribution in [1.29, 1.82) is 0 Å². The molecule has 1 atom stereocenters. The van der Waals surface area contributed by atoms with E-state index in [1.54, 1.807) is 0 Å². The van der Waals surface area contributed by atoms with Gasteiger partial charge in [0.05, 0.1) is 0 Å². The largest absolute Gasteiger partial charge is 0.334 e. The van der Waals surface area contributed by atoms with Gasteiger partial charge < -0.3 is 10.6 Å². The number of aryl methyl sites for hydroxylation is 1.